The van der Waals surface area contributed by atoms with E-state index in [2.05, 4.69) is 15.3 Å². The van der Waals surface area contributed by atoms with Crippen LogP contribution in [0.15, 0.2) is 6.20 Å². The van der Waals surface area contributed by atoms with Gasteiger partial charge in [0, 0.05) is 18.2 Å². The number of fused-ring (bicyclic) bond motifs is 1. The molecule has 13 heavy (non-hydrogen) atoms. The molecule has 5 heteroatoms. The van der Waals surface area contributed by atoms with E-state index < -0.39 is 0 Å². The summed E-state index contributed by atoms with van der Waals surface area (Å²) in [5.41, 5.74) is 0.948. The van der Waals surface area contributed by atoms with Crippen LogP contribution in [0.25, 0.3) is 0 Å². The van der Waals surface area contributed by atoms with Gasteiger partial charge in [-0.3, -0.25) is 4.79 Å². The summed E-state index contributed by atoms with van der Waals surface area (Å²) >= 11 is 5.60. The molecule has 0 radical (unpaired) electrons. The predicted molar refractivity (Wildman–Crippen MR) is 48.7 cm³/mol. The fourth-order valence-electron chi connectivity index (χ4n) is 1.40. The molecule has 0 aliphatic carbocycles. The normalized spacial score (nSPS) is 20.8. The average Bonchev–Trinajstić information content (AvgIpc) is 2.02. The Morgan fingerprint density at radius 3 is 3.23 bits per heavy atom. The highest BCUT2D eigenvalue weighted by Gasteiger charge is 2.23. The highest BCUT2D eigenvalue weighted by Crippen LogP contribution is 2.29. The Morgan fingerprint density at radius 1 is 1.69 bits per heavy atom. The van der Waals surface area contributed by atoms with Crippen LogP contribution in [0.1, 0.15) is 24.8 Å². The lowest BCUT2D eigenvalue weighted by molar-refractivity contribution is -0.116. The van der Waals surface area contributed by atoms with E-state index in [1.807, 2.05) is 6.92 Å². The quantitative estimate of drug-likeness (QED) is 0.643. The molecule has 68 valence electrons. The zero-order chi connectivity index (χ0) is 9.42. The number of hydrogen-bond acceptors (Lipinski definition) is 3. The van der Waals surface area contributed by atoms with Gasteiger partial charge in [0.25, 0.3) is 0 Å². The lowest BCUT2D eigenvalue weighted by Crippen LogP contribution is -2.22. The molecule has 0 fully saturated rings. The molecule has 0 bridgehead atoms. The first-order chi connectivity index (χ1) is 6.16. The first kappa shape index (κ1) is 8.44. The fourth-order valence-corrected chi connectivity index (χ4v) is 1.53. The number of aromatic nitrogens is 2. The summed E-state index contributed by atoms with van der Waals surface area (Å²) in [6.07, 6.45) is 2.15. The lowest BCUT2D eigenvalue weighted by Gasteiger charge is -2.20. The summed E-state index contributed by atoms with van der Waals surface area (Å²) in [5.74, 6) is 0.694. The lowest BCUT2D eigenvalue weighted by atomic mass is 9.96. The van der Waals surface area contributed by atoms with Crippen molar-refractivity contribution in [1.29, 1.82) is 0 Å². The highest BCUT2D eigenvalue weighted by atomic mass is 35.5. The third-order valence-corrected chi connectivity index (χ3v) is 2.25. The van der Waals surface area contributed by atoms with E-state index in [1.54, 1.807) is 6.20 Å². The van der Waals surface area contributed by atoms with Gasteiger partial charge in [-0.1, -0.05) is 6.92 Å². The van der Waals surface area contributed by atoms with Gasteiger partial charge in [-0.15, -0.1) is 0 Å². The Kier molecular flexibility index (Phi) is 1.92. The fraction of sp³-hybridized carbons (Fsp3) is 0.375. The minimum atomic E-state index is -0.0187. The Hall–Kier alpha value is -1.16. The molecular weight excluding hydrogens is 190 g/mol. The van der Waals surface area contributed by atoms with Gasteiger partial charge in [-0.05, 0) is 17.5 Å². The third-order valence-electron chi connectivity index (χ3n) is 2.07. The Morgan fingerprint density at radius 2 is 2.46 bits per heavy atom. The number of anilines is 1. The molecule has 1 atom stereocenters. The smallest absolute Gasteiger partial charge is 0.226 e. The maximum absolute atomic E-state index is 11.1. The van der Waals surface area contributed by atoms with Crippen molar-refractivity contribution in [3.8, 4) is 0 Å². The van der Waals surface area contributed by atoms with Crippen LogP contribution in [-0.2, 0) is 4.79 Å². The molecule has 2 heterocycles. The van der Waals surface area contributed by atoms with Crippen LogP contribution in [0.5, 0.6) is 0 Å². The standard InChI is InChI=1S/C8H8ClN3O/c1-4-2-6(13)11-7-5(4)3-10-8(9)12-7/h3-4H,2H2,1H3,(H,10,11,12,13)/t4-/m1/s1. The first-order valence-corrected chi connectivity index (χ1v) is 4.37. The number of rotatable bonds is 0. The molecule has 4 nitrogen and oxygen atoms in total. The van der Waals surface area contributed by atoms with Crippen molar-refractivity contribution < 1.29 is 4.79 Å². The summed E-state index contributed by atoms with van der Waals surface area (Å²) in [6, 6.07) is 0. The van der Waals surface area contributed by atoms with Crippen LogP contribution in [0.2, 0.25) is 5.28 Å². The molecule has 0 saturated carbocycles. The molecule has 1 aromatic rings. The second-order valence-electron chi connectivity index (χ2n) is 3.10. The van der Waals surface area contributed by atoms with E-state index in [0.29, 0.717) is 12.2 Å². The predicted octanol–water partition coefficient (Wildman–Crippen LogP) is 1.58. The van der Waals surface area contributed by atoms with E-state index in [1.165, 1.54) is 0 Å². The third kappa shape index (κ3) is 1.49. The Bertz CT molecular complexity index is 366. The van der Waals surface area contributed by atoms with Gasteiger partial charge in [0.05, 0.1) is 0 Å². The first-order valence-electron chi connectivity index (χ1n) is 3.99. The van der Waals surface area contributed by atoms with Crippen LogP contribution >= 0.6 is 11.6 Å². The van der Waals surface area contributed by atoms with Gasteiger partial charge in [0.2, 0.25) is 11.2 Å². The number of hydrogen-bond donors (Lipinski definition) is 1. The number of amides is 1. The number of nitrogens with one attached hydrogen (secondary N) is 1. The number of nitrogens with zero attached hydrogens (tertiary/aromatic N) is 2. The van der Waals surface area contributed by atoms with Crippen molar-refractivity contribution in [2.75, 3.05) is 5.32 Å². The number of carbonyl (C=O) groups is 1. The number of carbonyl (C=O) groups excluding carboxylic acids is 1. The van der Waals surface area contributed by atoms with Crippen LogP contribution in [0.3, 0.4) is 0 Å². The van der Waals surface area contributed by atoms with Crippen LogP contribution in [-0.4, -0.2) is 15.9 Å². The van der Waals surface area contributed by atoms with Crippen molar-refractivity contribution in [3.63, 3.8) is 0 Å². The summed E-state index contributed by atoms with van der Waals surface area (Å²) in [5, 5.41) is 2.82. The minimum absolute atomic E-state index is 0.0187. The van der Waals surface area contributed by atoms with Crippen LogP contribution in [0, 0.1) is 0 Å². The van der Waals surface area contributed by atoms with Crippen LogP contribution < -0.4 is 5.32 Å². The highest BCUT2D eigenvalue weighted by molar-refractivity contribution is 6.28. The maximum Gasteiger partial charge on any atom is 0.226 e. The molecule has 1 amide bonds. The Balaban J connectivity index is 2.49. The molecule has 0 spiro atoms. The average molecular weight is 198 g/mol. The van der Waals surface area contributed by atoms with E-state index in [0.717, 1.165) is 5.56 Å². The van der Waals surface area contributed by atoms with E-state index >= 15 is 0 Å². The SMILES string of the molecule is C[C@@H]1CC(=O)Nc2nc(Cl)ncc21. The molecular formula is C8H8ClN3O. The van der Waals surface area contributed by atoms with Crippen molar-refractivity contribution in [2.45, 2.75) is 19.3 Å². The Labute approximate surface area is 80.3 Å². The van der Waals surface area contributed by atoms with Crippen molar-refractivity contribution in [2.24, 2.45) is 0 Å². The second-order valence-corrected chi connectivity index (χ2v) is 3.43. The molecule has 1 N–H and O–H groups in total. The summed E-state index contributed by atoms with van der Waals surface area (Å²) < 4.78 is 0. The van der Waals surface area contributed by atoms with Crippen molar-refractivity contribution in [1.82, 2.24) is 9.97 Å². The summed E-state index contributed by atoms with van der Waals surface area (Å²) in [7, 11) is 0. The number of halogens is 1. The summed E-state index contributed by atoms with van der Waals surface area (Å²) in [4.78, 5) is 18.9. The van der Waals surface area contributed by atoms with Gasteiger partial charge in [0.15, 0.2) is 0 Å². The van der Waals surface area contributed by atoms with Crippen molar-refractivity contribution >= 4 is 23.3 Å². The second kappa shape index (κ2) is 2.96. The van der Waals surface area contributed by atoms with Crippen LogP contribution in [0.4, 0.5) is 5.82 Å². The monoisotopic (exact) mass is 197 g/mol. The molecule has 0 saturated heterocycles. The zero-order valence-electron chi connectivity index (χ0n) is 7.04. The largest absolute Gasteiger partial charge is 0.310 e. The van der Waals surface area contributed by atoms with E-state index in [4.69, 9.17) is 11.6 Å². The molecule has 0 unspecified atom stereocenters. The molecule has 1 aromatic heterocycles. The zero-order valence-corrected chi connectivity index (χ0v) is 7.80. The molecule has 2 rings (SSSR count). The molecule has 1 aliphatic heterocycles. The topological polar surface area (TPSA) is 54.9 Å². The van der Waals surface area contributed by atoms with Gasteiger partial charge in [-0.25, -0.2) is 9.97 Å². The van der Waals surface area contributed by atoms with Gasteiger partial charge < -0.3 is 5.32 Å². The minimum Gasteiger partial charge on any atom is -0.310 e. The van der Waals surface area contributed by atoms with Gasteiger partial charge in [0.1, 0.15) is 5.82 Å². The summed E-state index contributed by atoms with van der Waals surface area (Å²) in [6.45, 7) is 1.97. The van der Waals surface area contributed by atoms with E-state index in [-0.39, 0.29) is 17.1 Å². The molecule has 0 aromatic carbocycles. The maximum atomic E-state index is 11.1. The van der Waals surface area contributed by atoms with E-state index in [9.17, 15) is 4.79 Å². The molecule has 1 aliphatic rings. The van der Waals surface area contributed by atoms with Gasteiger partial charge >= 0.3 is 0 Å². The van der Waals surface area contributed by atoms with Gasteiger partial charge in [-0.2, -0.15) is 0 Å². The van der Waals surface area contributed by atoms with Crippen molar-refractivity contribution in [3.05, 3.63) is 17.0 Å².